The Morgan fingerprint density at radius 1 is 1.42 bits per heavy atom. The van der Waals surface area contributed by atoms with Crippen LogP contribution < -0.4 is 5.56 Å². The monoisotopic (exact) mass is 264 g/mol. The fourth-order valence-electron chi connectivity index (χ4n) is 2.92. The highest BCUT2D eigenvalue weighted by molar-refractivity contribution is 5.11. The minimum Gasteiger partial charge on any atom is -0.367 e. The highest BCUT2D eigenvalue weighted by Crippen LogP contribution is 2.40. The molecule has 1 heterocycles. The summed E-state index contributed by atoms with van der Waals surface area (Å²) in [7, 11) is 0. The van der Waals surface area contributed by atoms with Crippen molar-refractivity contribution >= 4 is 0 Å². The third-order valence-corrected chi connectivity index (χ3v) is 3.68. The lowest BCUT2D eigenvalue weighted by Crippen LogP contribution is -2.32. The molecule has 1 aromatic heterocycles. The van der Waals surface area contributed by atoms with E-state index < -0.39 is 0 Å². The van der Waals surface area contributed by atoms with Crippen LogP contribution in [-0.4, -0.2) is 16.6 Å². The van der Waals surface area contributed by atoms with Crippen LogP contribution in [0.25, 0.3) is 0 Å². The molecule has 0 aromatic carbocycles. The molecule has 0 amide bonds. The average molecular weight is 264 g/mol. The lowest BCUT2D eigenvalue weighted by atomic mass is 10.00. The van der Waals surface area contributed by atoms with E-state index in [2.05, 4.69) is 23.8 Å². The number of nitrogens with zero attached hydrogens (tertiary/aromatic N) is 1. The lowest BCUT2D eigenvalue weighted by molar-refractivity contribution is -0.0460. The summed E-state index contributed by atoms with van der Waals surface area (Å²) in [6.07, 6.45) is 5.01. The van der Waals surface area contributed by atoms with E-state index in [1.54, 1.807) is 6.07 Å². The molecule has 0 radical (unpaired) electrons. The fraction of sp³-hybridized carbons (Fsp3) is 0.733. The van der Waals surface area contributed by atoms with Gasteiger partial charge in [0, 0.05) is 18.4 Å². The van der Waals surface area contributed by atoms with Crippen LogP contribution in [0.3, 0.4) is 0 Å². The molecule has 4 nitrogen and oxygen atoms in total. The number of rotatable bonds is 5. The van der Waals surface area contributed by atoms with Crippen molar-refractivity contribution in [1.82, 2.24) is 9.97 Å². The van der Waals surface area contributed by atoms with E-state index in [1.807, 2.05) is 6.92 Å². The average Bonchev–Trinajstić information content (AvgIpc) is 2.77. The largest absolute Gasteiger partial charge is 0.367 e. The van der Waals surface area contributed by atoms with Crippen LogP contribution in [0.1, 0.15) is 58.0 Å². The topological polar surface area (TPSA) is 55.0 Å². The minimum absolute atomic E-state index is 0.0633. The summed E-state index contributed by atoms with van der Waals surface area (Å²) in [4.78, 5) is 19.4. The standard InChI is InChI=1S/C15H24N2O2/c1-4-19-15(7-5-6-8-15)14-16-12(9-11(2)3)10-13(18)17-14/h10-11H,4-9H2,1-3H3,(H,16,17,18). The molecular weight excluding hydrogens is 240 g/mol. The first-order valence-corrected chi connectivity index (χ1v) is 7.30. The van der Waals surface area contributed by atoms with Gasteiger partial charge in [-0.05, 0) is 44.9 Å². The first kappa shape index (κ1) is 14.3. The van der Waals surface area contributed by atoms with Gasteiger partial charge in [-0.2, -0.15) is 0 Å². The molecule has 1 saturated carbocycles. The third-order valence-electron chi connectivity index (χ3n) is 3.68. The molecule has 1 aliphatic carbocycles. The van der Waals surface area contributed by atoms with E-state index in [9.17, 15) is 4.79 Å². The van der Waals surface area contributed by atoms with Crippen LogP contribution >= 0.6 is 0 Å². The van der Waals surface area contributed by atoms with Crippen LogP contribution in [0.5, 0.6) is 0 Å². The van der Waals surface area contributed by atoms with E-state index in [0.717, 1.165) is 43.6 Å². The zero-order chi connectivity index (χ0) is 13.9. The molecule has 2 rings (SSSR count). The van der Waals surface area contributed by atoms with Crippen molar-refractivity contribution in [1.29, 1.82) is 0 Å². The second-order valence-corrected chi connectivity index (χ2v) is 5.82. The molecule has 0 bridgehead atoms. The molecule has 1 fully saturated rings. The SMILES string of the molecule is CCOC1(c2nc(CC(C)C)cc(=O)[nH]2)CCCC1. The molecular formula is C15H24N2O2. The number of hydrogen-bond acceptors (Lipinski definition) is 3. The van der Waals surface area contributed by atoms with Crippen LogP contribution in [0.15, 0.2) is 10.9 Å². The molecule has 4 heteroatoms. The Morgan fingerprint density at radius 2 is 2.11 bits per heavy atom. The molecule has 0 saturated heterocycles. The second-order valence-electron chi connectivity index (χ2n) is 5.82. The predicted octanol–water partition coefficient (Wildman–Crippen LogP) is 2.77. The van der Waals surface area contributed by atoms with E-state index >= 15 is 0 Å². The van der Waals surface area contributed by atoms with Gasteiger partial charge in [0.1, 0.15) is 11.4 Å². The molecule has 1 N–H and O–H groups in total. The number of hydrogen-bond donors (Lipinski definition) is 1. The first-order chi connectivity index (χ1) is 9.05. The van der Waals surface area contributed by atoms with Gasteiger partial charge in [-0.15, -0.1) is 0 Å². The maximum Gasteiger partial charge on any atom is 0.251 e. The number of aromatic amines is 1. The van der Waals surface area contributed by atoms with Crippen molar-refractivity contribution < 1.29 is 4.74 Å². The summed E-state index contributed by atoms with van der Waals surface area (Å²) in [5, 5.41) is 0. The van der Waals surface area contributed by atoms with Gasteiger partial charge in [-0.25, -0.2) is 4.98 Å². The van der Waals surface area contributed by atoms with Crippen molar-refractivity contribution in [3.05, 3.63) is 27.9 Å². The minimum atomic E-state index is -0.360. The third kappa shape index (κ3) is 3.24. The van der Waals surface area contributed by atoms with Crippen LogP contribution in [0.4, 0.5) is 0 Å². The number of ether oxygens (including phenoxy) is 1. The van der Waals surface area contributed by atoms with Crippen molar-refractivity contribution in [2.24, 2.45) is 5.92 Å². The molecule has 0 atom stereocenters. The number of H-pyrrole nitrogens is 1. The van der Waals surface area contributed by atoms with Crippen LogP contribution in [0, 0.1) is 5.92 Å². The van der Waals surface area contributed by atoms with Crippen LogP contribution in [0.2, 0.25) is 0 Å². The molecule has 1 aromatic rings. The highest BCUT2D eigenvalue weighted by Gasteiger charge is 2.38. The van der Waals surface area contributed by atoms with Crippen LogP contribution in [-0.2, 0) is 16.8 Å². The first-order valence-electron chi connectivity index (χ1n) is 7.30. The van der Waals surface area contributed by atoms with Gasteiger partial charge in [0.15, 0.2) is 0 Å². The van der Waals surface area contributed by atoms with E-state index in [0.29, 0.717) is 12.5 Å². The maximum absolute atomic E-state index is 11.8. The Hall–Kier alpha value is -1.16. The number of aromatic nitrogens is 2. The van der Waals surface area contributed by atoms with Gasteiger partial charge >= 0.3 is 0 Å². The quantitative estimate of drug-likeness (QED) is 0.889. The van der Waals surface area contributed by atoms with E-state index in [-0.39, 0.29) is 11.2 Å². The van der Waals surface area contributed by atoms with E-state index in [1.165, 1.54) is 0 Å². The Labute approximate surface area is 114 Å². The molecule has 0 unspecified atom stereocenters. The summed E-state index contributed by atoms with van der Waals surface area (Å²) in [5.74, 6) is 1.23. The van der Waals surface area contributed by atoms with Crippen molar-refractivity contribution in [3.63, 3.8) is 0 Å². The summed E-state index contributed by atoms with van der Waals surface area (Å²) >= 11 is 0. The fourth-order valence-corrected chi connectivity index (χ4v) is 2.92. The van der Waals surface area contributed by atoms with Gasteiger partial charge in [0.25, 0.3) is 5.56 Å². The highest BCUT2D eigenvalue weighted by atomic mass is 16.5. The van der Waals surface area contributed by atoms with Gasteiger partial charge in [-0.3, -0.25) is 4.79 Å². The normalized spacial score (nSPS) is 18.1. The Bertz CT molecular complexity index is 473. The predicted molar refractivity (Wildman–Crippen MR) is 75.2 cm³/mol. The number of nitrogens with one attached hydrogen (secondary N) is 1. The van der Waals surface area contributed by atoms with Gasteiger partial charge in [0.2, 0.25) is 0 Å². The van der Waals surface area contributed by atoms with Gasteiger partial charge < -0.3 is 9.72 Å². The summed E-state index contributed by atoms with van der Waals surface area (Å²) in [6, 6.07) is 1.61. The van der Waals surface area contributed by atoms with Crippen molar-refractivity contribution in [3.8, 4) is 0 Å². The lowest BCUT2D eigenvalue weighted by Gasteiger charge is -2.28. The van der Waals surface area contributed by atoms with Crippen molar-refractivity contribution in [2.75, 3.05) is 6.61 Å². The molecule has 0 aliphatic heterocycles. The maximum atomic E-state index is 11.8. The molecule has 19 heavy (non-hydrogen) atoms. The molecule has 1 aliphatic rings. The smallest absolute Gasteiger partial charge is 0.251 e. The second kappa shape index (κ2) is 5.87. The van der Waals surface area contributed by atoms with E-state index in [4.69, 9.17) is 4.74 Å². The van der Waals surface area contributed by atoms with Crippen molar-refractivity contribution in [2.45, 2.75) is 58.5 Å². The Morgan fingerprint density at radius 3 is 2.68 bits per heavy atom. The Kier molecular flexibility index (Phi) is 4.40. The molecule has 106 valence electrons. The summed E-state index contributed by atoms with van der Waals surface area (Å²) in [6.45, 7) is 6.92. The Balaban J connectivity index is 2.37. The summed E-state index contributed by atoms with van der Waals surface area (Å²) in [5.41, 5.74) is 0.451. The zero-order valence-electron chi connectivity index (χ0n) is 12.2. The molecule has 0 spiro atoms. The van der Waals surface area contributed by atoms with Gasteiger partial charge in [-0.1, -0.05) is 13.8 Å². The van der Waals surface area contributed by atoms with Gasteiger partial charge in [0.05, 0.1) is 0 Å². The zero-order valence-corrected chi connectivity index (χ0v) is 12.2. The summed E-state index contributed by atoms with van der Waals surface area (Å²) < 4.78 is 5.96.